The van der Waals surface area contributed by atoms with E-state index in [2.05, 4.69) is 0 Å². The predicted molar refractivity (Wildman–Crippen MR) is 53.4 cm³/mol. The molecule has 0 saturated heterocycles. The summed E-state index contributed by atoms with van der Waals surface area (Å²) in [4.78, 5) is 11.2. The lowest BCUT2D eigenvalue weighted by Crippen LogP contribution is -2.24. The molecule has 0 aliphatic heterocycles. The lowest BCUT2D eigenvalue weighted by atomic mass is 9.78. The van der Waals surface area contributed by atoms with Gasteiger partial charge < -0.3 is 0 Å². The monoisotopic (exact) mass is 232 g/mol. The van der Waals surface area contributed by atoms with Gasteiger partial charge in [0.15, 0.2) is 0 Å². The van der Waals surface area contributed by atoms with Crippen molar-refractivity contribution in [3.8, 4) is 0 Å². The van der Waals surface area contributed by atoms with Crippen LogP contribution in [0.15, 0.2) is 12.1 Å². The van der Waals surface area contributed by atoms with E-state index in [1.54, 1.807) is 0 Å². The first-order chi connectivity index (χ1) is 6.61. The van der Waals surface area contributed by atoms with Crippen molar-refractivity contribution in [3.05, 3.63) is 33.6 Å². The van der Waals surface area contributed by atoms with E-state index < -0.39 is 5.82 Å². The van der Waals surface area contributed by atoms with E-state index in [4.69, 9.17) is 23.2 Å². The van der Waals surface area contributed by atoms with Crippen molar-refractivity contribution in [2.24, 2.45) is 0 Å². The van der Waals surface area contributed by atoms with E-state index in [-0.39, 0.29) is 16.7 Å². The quantitative estimate of drug-likeness (QED) is 0.677. The van der Waals surface area contributed by atoms with Crippen molar-refractivity contribution in [1.29, 1.82) is 0 Å². The summed E-state index contributed by atoms with van der Waals surface area (Å²) in [6.07, 6.45) is 1.25. The third-order valence-electron chi connectivity index (χ3n) is 2.50. The molecule has 0 radical (unpaired) electrons. The lowest BCUT2D eigenvalue weighted by molar-refractivity contribution is -0.125. The molecule has 0 bridgehead atoms. The van der Waals surface area contributed by atoms with Crippen LogP contribution in [0.4, 0.5) is 4.39 Å². The highest BCUT2D eigenvalue weighted by atomic mass is 35.5. The summed E-state index contributed by atoms with van der Waals surface area (Å²) in [7, 11) is 0. The highest BCUT2D eigenvalue weighted by Gasteiger charge is 2.33. The first kappa shape index (κ1) is 9.94. The second-order valence-electron chi connectivity index (χ2n) is 3.31. The molecule has 1 unspecified atom stereocenters. The largest absolute Gasteiger partial charge is 0.299 e. The summed E-state index contributed by atoms with van der Waals surface area (Å²) in [6, 6.07) is 2.64. The van der Waals surface area contributed by atoms with Crippen LogP contribution in [0.1, 0.15) is 24.3 Å². The van der Waals surface area contributed by atoms with Gasteiger partial charge in [-0.1, -0.05) is 23.2 Å². The summed E-state index contributed by atoms with van der Waals surface area (Å²) in [6.45, 7) is 0. The van der Waals surface area contributed by atoms with Crippen LogP contribution in [0.2, 0.25) is 10.0 Å². The van der Waals surface area contributed by atoms with Crippen LogP contribution in [0.25, 0.3) is 0 Å². The zero-order valence-electron chi connectivity index (χ0n) is 7.19. The molecule has 74 valence electrons. The third-order valence-corrected chi connectivity index (χ3v) is 3.21. The first-order valence-electron chi connectivity index (χ1n) is 4.27. The Morgan fingerprint density at radius 1 is 1.36 bits per heavy atom. The maximum Gasteiger partial charge on any atom is 0.142 e. The summed E-state index contributed by atoms with van der Waals surface area (Å²) < 4.78 is 13.1. The van der Waals surface area contributed by atoms with E-state index >= 15 is 0 Å². The fourth-order valence-corrected chi connectivity index (χ4v) is 2.21. The number of rotatable bonds is 1. The van der Waals surface area contributed by atoms with Gasteiger partial charge in [-0.25, -0.2) is 4.39 Å². The maximum atomic E-state index is 13.1. The molecule has 1 aliphatic rings. The topological polar surface area (TPSA) is 17.1 Å². The van der Waals surface area contributed by atoms with Gasteiger partial charge in [0.05, 0.1) is 5.02 Å². The van der Waals surface area contributed by atoms with Crippen molar-refractivity contribution in [2.45, 2.75) is 18.8 Å². The molecular weight excluding hydrogens is 226 g/mol. The van der Waals surface area contributed by atoms with E-state index in [0.29, 0.717) is 23.4 Å². The number of ketones is 1. The number of Topliss-reactive ketones (excluding diaryl/α,β-unsaturated/α-hetero) is 1. The second kappa shape index (κ2) is 3.52. The molecule has 1 atom stereocenters. The SMILES string of the molecule is O=C1CCC1c1c(Cl)ccc(F)c1Cl. The van der Waals surface area contributed by atoms with E-state index in [0.717, 1.165) is 0 Å². The number of halogens is 3. The minimum atomic E-state index is -0.522. The van der Waals surface area contributed by atoms with Gasteiger partial charge in [0.1, 0.15) is 11.6 Å². The van der Waals surface area contributed by atoms with E-state index in [1.807, 2.05) is 0 Å². The van der Waals surface area contributed by atoms with Gasteiger partial charge in [0.2, 0.25) is 0 Å². The number of carbonyl (C=O) groups excluding carboxylic acids is 1. The Labute approximate surface area is 90.8 Å². The van der Waals surface area contributed by atoms with Crippen molar-refractivity contribution in [1.82, 2.24) is 0 Å². The molecule has 0 spiro atoms. The molecule has 0 N–H and O–H groups in total. The summed E-state index contributed by atoms with van der Waals surface area (Å²) in [5.74, 6) is -0.740. The van der Waals surface area contributed by atoms with Crippen LogP contribution in [0, 0.1) is 5.82 Å². The first-order valence-corrected chi connectivity index (χ1v) is 5.03. The van der Waals surface area contributed by atoms with Gasteiger partial charge >= 0.3 is 0 Å². The van der Waals surface area contributed by atoms with Crippen molar-refractivity contribution in [3.63, 3.8) is 0 Å². The summed E-state index contributed by atoms with van der Waals surface area (Å²) in [5.41, 5.74) is 0.449. The fourth-order valence-electron chi connectivity index (χ4n) is 1.57. The Morgan fingerprint density at radius 3 is 2.57 bits per heavy atom. The zero-order chi connectivity index (χ0) is 10.3. The number of carbonyl (C=O) groups is 1. The van der Waals surface area contributed by atoms with Gasteiger partial charge in [0, 0.05) is 22.9 Å². The zero-order valence-corrected chi connectivity index (χ0v) is 8.70. The summed E-state index contributed by atoms with van der Waals surface area (Å²) >= 11 is 11.6. The van der Waals surface area contributed by atoms with Crippen molar-refractivity contribution in [2.75, 3.05) is 0 Å². The van der Waals surface area contributed by atoms with Crippen molar-refractivity contribution >= 4 is 29.0 Å². The van der Waals surface area contributed by atoms with Crippen LogP contribution in [-0.2, 0) is 4.79 Å². The molecule has 4 heteroatoms. The molecule has 0 amide bonds. The highest BCUT2D eigenvalue weighted by molar-refractivity contribution is 6.36. The average Bonchev–Trinajstić information content (AvgIpc) is 2.16. The second-order valence-corrected chi connectivity index (χ2v) is 4.10. The molecule has 14 heavy (non-hydrogen) atoms. The Morgan fingerprint density at radius 2 is 2.07 bits per heavy atom. The molecular formula is C10H7Cl2FO. The minimum Gasteiger partial charge on any atom is -0.299 e. The highest BCUT2D eigenvalue weighted by Crippen LogP contribution is 2.41. The molecule has 1 nitrogen and oxygen atoms in total. The lowest BCUT2D eigenvalue weighted by Gasteiger charge is -2.26. The van der Waals surface area contributed by atoms with Gasteiger partial charge in [-0.3, -0.25) is 4.79 Å². The van der Waals surface area contributed by atoms with Gasteiger partial charge in [-0.15, -0.1) is 0 Å². The van der Waals surface area contributed by atoms with Crippen LogP contribution in [0.5, 0.6) is 0 Å². The fraction of sp³-hybridized carbons (Fsp3) is 0.300. The Hall–Kier alpha value is -0.600. The average molecular weight is 233 g/mol. The Balaban J connectivity index is 2.50. The van der Waals surface area contributed by atoms with Gasteiger partial charge in [-0.05, 0) is 18.6 Å². The number of benzene rings is 1. The standard InChI is InChI=1S/C10H7Cl2FO/c11-6-2-3-7(13)10(12)9(6)5-1-4-8(5)14/h2-3,5H,1,4H2. The van der Waals surface area contributed by atoms with Crippen LogP contribution < -0.4 is 0 Å². The molecule has 1 aromatic rings. The molecule has 1 saturated carbocycles. The molecule has 0 aromatic heterocycles. The van der Waals surface area contributed by atoms with Crippen molar-refractivity contribution < 1.29 is 9.18 Å². The van der Waals surface area contributed by atoms with E-state index in [1.165, 1.54) is 12.1 Å². The normalized spacial score (nSPS) is 20.8. The van der Waals surface area contributed by atoms with Crippen LogP contribution in [-0.4, -0.2) is 5.78 Å². The molecule has 1 aliphatic carbocycles. The molecule has 0 heterocycles. The summed E-state index contributed by atoms with van der Waals surface area (Å²) in [5, 5.41) is 0.352. The van der Waals surface area contributed by atoms with Crippen LogP contribution in [0.3, 0.4) is 0 Å². The van der Waals surface area contributed by atoms with Crippen LogP contribution >= 0.6 is 23.2 Å². The number of hydrogen-bond acceptors (Lipinski definition) is 1. The molecule has 1 aromatic carbocycles. The molecule has 2 rings (SSSR count). The minimum absolute atomic E-state index is 0.0180. The van der Waals surface area contributed by atoms with Gasteiger partial charge in [0.25, 0.3) is 0 Å². The maximum absolute atomic E-state index is 13.1. The van der Waals surface area contributed by atoms with E-state index in [9.17, 15) is 9.18 Å². The number of hydrogen-bond donors (Lipinski definition) is 0. The smallest absolute Gasteiger partial charge is 0.142 e. The Kier molecular flexibility index (Phi) is 2.50. The third kappa shape index (κ3) is 1.43. The van der Waals surface area contributed by atoms with Gasteiger partial charge in [-0.2, -0.15) is 0 Å². The predicted octanol–water partition coefficient (Wildman–Crippen LogP) is 3.58. The Bertz CT molecular complexity index is 403. The molecule has 1 fully saturated rings.